The highest BCUT2D eigenvalue weighted by molar-refractivity contribution is 6.10. The van der Waals surface area contributed by atoms with Crippen LogP contribution < -0.4 is 10.5 Å². The maximum absolute atomic E-state index is 12.1. The number of aryl methyl sites for hydroxylation is 2. The maximum atomic E-state index is 12.1. The van der Waals surface area contributed by atoms with Crippen molar-refractivity contribution in [3.8, 4) is 5.75 Å². The average Bonchev–Trinajstić information content (AvgIpc) is 3.08. The number of benzene rings is 2. The van der Waals surface area contributed by atoms with E-state index < -0.39 is 12.6 Å². The molecule has 166 valence electrons. The topological polar surface area (TPSA) is 112 Å². The third-order valence-electron chi connectivity index (χ3n) is 4.45. The first-order chi connectivity index (χ1) is 14.8. The van der Waals surface area contributed by atoms with E-state index in [0.29, 0.717) is 16.7 Å². The SMILES string of the molecule is CCc1c(C(C)=O)c2c(OCC(=O)O)cccc2n1CC.Cc1ccccc1.NC=O. The molecule has 31 heavy (non-hydrogen) atoms. The van der Waals surface area contributed by atoms with Gasteiger partial charge in [-0.1, -0.05) is 48.9 Å². The molecule has 2 aromatic carbocycles. The second kappa shape index (κ2) is 12.8. The molecular weight excluding hydrogens is 396 g/mol. The average molecular weight is 427 g/mol. The fourth-order valence-corrected chi connectivity index (χ4v) is 3.32. The highest BCUT2D eigenvalue weighted by atomic mass is 16.5. The Kier molecular flexibility index (Phi) is 10.5. The van der Waals surface area contributed by atoms with E-state index in [0.717, 1.165) is 24.2 Å². The minimum absolute atomic E-state index is 0.0320. The summed E-state index contributed by atoms with van der Waals surface area (Å²) in [6, 6.07) is 15.7. The summed E-state index contributed by atoms with van der Waals surface area (Å²) < 4.78 is 7.45. The molecule has 0 aliphatic heterocycles. The van der Waals surface area contributed by atoms with Crippen molar-refractivity contribution in [1.82, 2.24) is 4.57 Å². The summed E-state index contributed by atoms with van der Waals surface area (Å²) in [4.78, 5) is 31.4. The van der Waals surface area contributed by atoms with Crippen LogP contribution in [-0.4, -0.2) is 34.4 Å². The summed E-state index contributed by atoms with van der Waals surface area (Å²) in [5.41, 5.74) is 7.99. The normalized spacial score (nSPS) is 9.68. The standard InChI is InChI=1S/C16H19NO4.C7H8.CH3NO/c1-4-11-15(10(3)18)16-12(17(11)5-2)7-6-8-13(16)21-9-14(19)20;1-7-5-3-2-4-6-7;2-1-3/h6-8H,4-5,9H2,1-3H3,(H,19,20);2-6H,1H3;1H,(H2,2,3). The second-order valence-electron chi connectivity index (χ2n) is 6.60. The van der Waals surface area contributed by atoms with Crippen molar-refractivity contribution in [2.75, 3.05) is 6.61 Å². The number of carbonyl (C=O) groups excluding carboxylic acids is 2. The number of aliphatic carboxylic acids is 1. The van der Waals surface area contributed by atoms with Crippen molar-refractivity contribution in [1.29, 1.82) is 0 Å². The monoisotopic (exact) mass is 426 g/mol. The van der Waals surface area contributed by atoms with Crippen LogP contribution in [0.25, 0.3) is 10.9 Å². The van der Waals surface area contributed by atoms with E-state index in [1.807, 2.05) is 44.2 Å². The van der Waals surface area contributed by atoms with Gasteiger partial charge in [-0.15, -0.1) is 0 Å². The van der Waals surface area contributed by atoms with Crippen LogP contribution >= 0.6 is 0 Å². The molecule has 3 N–H and O–H groups in total. The Morgan fingerprint density at radius 2 is 1.71 bits per heavy atom. The quantitative estimate of drug-likeness (QED) is 0.457. The minimum Gasteiger partial charge on any atom is -0.481 e. The second-order valence-corrected chi connectivity index (χ2v) is 6.60. The summed E-state index contributed by atoms with van der Waals surface area (Å²) in [5.74, 6) is -0.626. The number of hydrogen-bond acceptors (Lipinski definition) is 4. The van der Waals surface area contributed by atoms with Crippen molar-refractivity contribution in [3.63, 3.8) is 0 Å². The molecule has 0 atom stereocenters. The van der Waals surface area contributed by atoms with Crippen molar-refractivity contribution in [3.05, 3.63) is 65.4 Å². The van der Waals surface area contributed by atoms with E-state index in [4.69, 9.17) is 14.6 Å². The number of rotatable bonds is 6. The first-order valence-electron chi connectivity index (χ1n) is 9.98. The van der Waals surface area contributed by atoms with Gasteiger partial charge in [-0.25, -0.2) is 4.79 Å². The number of ether oxygens (including phenoxy) is 1. The van der Waals surface area contributed by atoms with E-state index in [1.165, 1.54) is 12.5 Å². The minimum atomic E-state index is -1.04. The lowest BCUT2D eigenvalue weighted by molar-refractivity contribution is -0.139. The smallest absolute Gasteiger partial charge is 0.341 e. The number of primary amides is 1. The summed E-state index contributed by atoms with van der Waals surface area (Å²) >= 11 is 0. The van der Waals surface area contributed by atoms with Gasteiger partial charge in [0.15, 0.2) is 12.4 Å². The molecule has 0 saturated heterocycles. The van der Waals surface area contributed by atoms with Crippen molar-refractivity contribution < 1.29 is 24.2 Å². The van der Waals surface area contributed by atoms with Gasteiger partial charge in [0.2, 0.25) is 6.41 Å². The summed E-state index contributed by atoms with van der Waals surface area (Å²) in [6.45, 7) is 7.96. The number of Topliss-reactive ketones (excluding diaryl/α,β-unsaturated/α-hetero) is 1. The molecule has 0 aliphatic rings. The molecular formula is C24H30N2O5. The third-order valence-corrected chi connectivity index (χ3v) is 4.45. The van der Waals surface area contributed by atoms with Crippen LogP contribution in [0.1, 0.15) is 42.4 Å². The Morgan fingerprint density at radius 1 is 1.10 bits per heavy atom. The molecule has 0 radical (unpaired) electrons. The lowest BCUT2D eigenvalue weighted by Gasteiger charge is -2.07. The molecule has 0 unspecified atom stereocenters. The number of carboxylic acid groups (broad SMARTS) is 1. The van der Waals surface area contributed by atoms with Crippen LogP contribution in [-0.2, 0) is 22.6 Å². The van der Waals surface area contributed by atoms with Gasteiger partial charge in [0.1, 0.15) is 5.75 Å². The lowest BCUT2D eigenvalue weighted by atomic mass is 10.1. The van der Waals surface area contributed by atoms with Gasteiger partial charge in [-0.3, -0.25) is 9.59 Å². The predicted octanol–water partition coefficient (Wildman–Crippen LogP) is 3.99. The number of carbonyl (C=O) groups is 3. The van der Waals surface area contributed by atoms with Crippen LogP contribution in [0.3, 0.4) is 0 Å². The largest absolute Gasteiger partial charge is 0.481 e. The molecule has 1 amide bonds. The van der Waals surface area contributed by atoms with E-state index in [-0.39, 0.29) is 12.2 Å². The van der Waals surface area contributed by atoms with Crippen LogP contribution in [0, 0.1) is 6.92 Å². The molecule has 0 fully saturated rings. The van der Waals surface area contributed by atoms with E-state index in [9.17, 15) is 9.59 Å². The first kappa shape index (κ1) is 25.4. The fourth-order valence-electron chi connectivity index (χ4n) is 3.32. The Bertz CT molecular complexity index is 1010. The first-order valence-corrected chi connectivity index (χ1v) is 9.98. The molecule has 0 aliphatic carbocycles. The molecule has 0 saturated carbocycles. The van der Waals surface area contributed by atoms with Gasteiger partial charge in [0.05, 0.1) is 10.9 Å². The summed E-state index contributed by atoms with van der Waals surface area (Å²) in [6.07, 6.45) is 0.982. The van der Waals surface area contributed by atoms with Gasteiger partial charge < -0.3 is 20.1 Å². The van der Waals surface area contributed by atoms with Gasteiger partial charge >= 0.3 is 5.97 Å². The van der Waals surface area contributed by atoms with Crippen molar-refractivity contribution >= 4 is 29.1 Å². The highest BCUT2D eigenvalue weighted by Gasteiger charge is 2.21. The zero-order valence-corrected chi connectivity index (χ0v) is 18.4. The number of fused-ring (bicyclic) bond motifs is 1. The Balaban J connectivity index is 0.000000397. The number of nitrogens with zero attached hydrogens (tertiary/aromatic N) is 1. The van der Waals surface area contributed by atoms with Crippen LogP contribution in [0.15, 0.2) is 48.5 Å². The molecule has 7 heteroatoms. The van der Waals surface area contributed by atoms with Crippen LogP contribution in [0.2, 0.25) is 0 Å². The number of carboxylic acids is 1. The zero-order valence-electron chi connectivity index (χ0n) is 18.4. The molecule has 1 aromatic heterocycles. The Morgan fingerprint density at radius 3 is 2.13 bits per heavy atom. The molecule has 1 heterocycles. The predicted molar refractivity (Wildman–Crippen MR) is 122 cm³/mol. The summed E-state index contributed by atoms with van der Waals surface area (Å²) in [5, 5.41) is 9.49. The van der Waals surface area contributed by atoms with E-state index >= 15 is 0 Å². The number of ketones is 1. The Hall–Kier alpha value is -3.61. The lowest BCUT2D eigenvalue weighted by Crippen LogP contribution is -2.09. The fraction of sp³-hybridized carbons (Fsp3) is 0.292. The number of aromatic nitrogens is 1. The van der Waals surface area contributed by atoms with E-state index in [2.05, 4.69) is 29.4 Å². The van der Waals surface area contributed by atoms with Gasteiger partial charge in [0, 0.05) is 17.8 Å². The van der Waals surface area contributed by atoms with Crippen molar-refractivity contribution in [2.45, 2.75) is 40.7 Å². The number of hydrogen-bond donors (Lipinski definition) is 2. The number of amides is 1. The van der Waals surface area contributed by atoms with Crippen LogP contribution in [0.5, 0.6) is 5.75 Å². The highest BCUT2D eigenvalue weighted by Crippen LogP contribution is 2.34. The maximum Gasteiger partial charge on any atom is 0.341 e. The molecule has 0 bridgehead atoms. The molecule has 3 aromatic rings. The van der Waals surface area contributed by atoms with Crippen LogP contribution in [0.4, 0.5) is 0 Å². The number of nitrogens with two attached hydrogens (primary N) is 1. The molecule has 7 nitrogen and oxygen atoms in total. The molecule has 0 spiro atoms. The van der Waals surface area contributed by atoms with Crippen molar-refractivity contribution in [2.24, 2.45) is 5.73 Å². The van der Waals surface area contributed by atoms with Gasteiger partial charge in [-0.2, -0.15) is 0 Å². The van der Waals surface area contributed by atoms with Gasteiger partial charge in [-0.05, 0) is 39.3 Å². The summed E-state index contributed by atoms with van der Waals surface area (Å²) in [7, 11) is 0. The van der Waals surface area contributed by atoms with Gasteiger partial charge in [0.25, 0.3) is 0 Å². The van der Waals surface area contributed by atoms with E-state index in [1.54, 1.807) is 6.07 Å². The third kappa shape index (κ3) is 6.99. The zero-order chi connectivity index (χ0) is 23.4. The molecule has 3 rings (SSSR count). The Labute approximate surface area is 182 Å².